The Hall–Kier alpha value is -3.02. The minimum atomic E-state index is -0.598. The van der Waals surface area contributed by atoms with Gasteiger partial charge in [0.1, 0.15) is 18.1 Å². The molecule has 2 rings (SSSR count). The van der Waals surface area contributed by atoms with Crippen LogP contribution in [0.2, 0.25) is 0 Å². The topological polar surface area (TPSA) is 73.9 Å². The van der Waals surface area contributed by atoms with Crippen LogP contribution in [0.4, 0.5) is 0 Å². The third kappa shape index (κ3) is 6.84. The Morgan fingerprint density at radius 1 is 0.962 bits per heavy atom. The summed E-state index contributed by atoms with van der Waals surface area (Å²) >= 11 is 0. The summed E-state index contributed by atoms with van der Waals surface area (Å²) < 4.78 is 15.8. The maximum Gasteiger partial charge on any atom is 0.344 e. The van der Waals surface area contributed by atoms with Crippen molar-refractivity contribution >= 4 is 11.9 Å². The molecule has 0 saturated heterocycles. The number of nitrogens with one attached hydrogen (secondary N) is 1. The molecule has 0 atom stereocenters. The number of carbonyl (C=O) groups excluding carboxylic acids is 2. The quantitative estimate of drug-likeness (QED) is 0.551. The Balaban J connectivity index is 1.58. The number of esters is 1. The van der Waals surface area contributed by atoms with Crippen molar-refractivity contribution in [3.8, 4) is 11.5 Å². The van der Waals surface area contributed by atoms with Gasteiger partial charge in [-0.05, 0) is 43.2 Å². The van der Waals surface area contributed by atoms with Gasteiger partial charge in [0.05, 0.1) is 6.54 Å². The Morgan fingerprint density at radius 2 is 1.77 bits per heavy atom. The summed E-state index contributed by atoms with van der Waals surface area (Å²) in [5, 5.41) is 2.62. The maximum absolute atomic E-state index is 11.7. The second-order valence-corrected chi connectivity index (χ2v) is 5.73. The van der Waals surface area contributed by atoms with E-state index in [4.69, 9.17) is 14.2 Å². The van der Waals surface area contributed by atoms with Gasteiger partial charge in [0.2, 0.25) is 0 Å². The molecular weight excluding hydrogens is 334 g/mol. The molecule has 6 heteroatoms. The highest BCUT2D eigenvalue weighted by molar-refractivity contribution is 5.80. The standard InChI is InChI=1S/C20H23NO5/c1-15-6-5-8-17(12-15)24-11-10-21-19(22)13-26-20(23)14-25-18-9-4-3-7-16(18)2/h3-9,12H,10-11,13-14H2,1-2H3,(H,21,22). The predicted octanol–water partition coefficient (Wildman–Crippen LogP) is 2.42. The van der Waals surface area contributed by atoms with Gasteiger partial charge in [0.15, 0.2) is 13.2 Å². The van der Waals surface area contributed by atoms with E-state index in [1.165, 1.54) is 0 Å². The van der Waals surface area contributed by atoms with Crippen LogP contribution in [0.25, 0.3) is 0 Å². The van der Waals surface area contributed by atoms with Crippen LogP contribution in [0.15, 0.2) is 48.5 Å². The zero-order valence-electron chi connectivity index (χ0n) is 15.0. The maximum atomic E-state index is 11.7. The molecule has 0 aromatic heterocycles. The molecule has 2 aromatic rings. The lowest BCUT2D eigenvalue weighted by Gasteiger charge is -2.10. The van der Waals surface area contributed by atoms with Crippen LogP contribution in [0.3, 0.4) is 0 Å². The molecule has 2 aromatic carbocycles. The van der Waals surface area contributed by atoms with E-state index in [1.54, 1.807) is 6.07 Å². The molecule has 0 unspecified atom stereocenters. The summed E-state index contributed by atoms with van der Waals surface area (Å²) in [6.07, 6.45) is 0. The fourth-order valence-corrected chi connectivity index (χ4v) is 2.16. The van der Waals surface area contributed by atoms with Gasteiger partial charge in [-0.3, -0.25) is 4.79 Å². The molecule has 0 radical (unpaired) electrons. The van der Waals surface area contributed by atoms with Gasteiger partial charge in [-0.1, -0.05) is 30.3 Å². The molecule has 0 spiro atoms. The van der Waals surface area contributed by atoms with E-state index in [9.17, 15) is 9.59 Å². The molecule has 1 N–H and O–H groups in total. The van der Waals surface area contributed by atoms with E-state index < -0.39 is 5.97 Å². The van der Waals surface area contributed by atoms with E-state index in [0.29, 0.717) is 18.9 Å². The third-order valence-electron chi connectivity index (χ3n) is 3.49. The van der Waals surface area contributed by atoms with Gasteiger partial charge in [-0.15, -0.1) is 0 Å². The Kier molecular flexibility index (Phi) is 7.49. The van der Waals surface area contributed by atoms with E-state index in [-0.39, 0.29) is 19.1 Å². The van der Waals surface area contributed by atoms with Crippen molar-refractivity contribution in [2.45, 2.75) is 13.8 Å². The minimum absolute atomic E-state index is 0.241. The van der Waals surface area contributed by atoms with Gasteiger partial charge in [-0.2, -0.15) is 0 Å². The zero-order valence-corrected chi connectivity index (χ0v) is 15.0. The first kappa shape index (κ1) is 19.3. The summed E-state index contributed by atoms with van der Waals surface area (Å²) in [6, 6.07) is 15.0. The fraction of sp³-hybridized carbons (Fsp3) is 0.300. The molecule has 1 amide bonds. The molecule has 138 valence electrons. The molecule has 0 aliphatic heterocycles. The van der Waals surface area contributed by atoms with Gasteiger partial charge < -0.3 is 19.5 Å². The fourth-order valence-electron chi connectivity index (χ4n) is 2.16. The van der Waals surface area contributed by atoms with Crippen molar-refractivity contribution in [3.05, 3.63) is 59.7 Å². The van der Waals surface area contributed by atoms with Gasteiger partial charge in [0, 0.05) is 0 Å². The summed E-state index contributed by atoms with van der Waals surface area (Å²) in [5.74, 6) is 0.378. The smallest absolute Gasteiger partial charge is 0.344 e. The SMILES string of the molecule is Cc1cccc(OCCNC(=O)COC(=O)COc2ccccc2C)c1. The Bertz CT molecular complexity index is 744. The normalized spacial score (nSPS) is 10.1. The second-order valence-electron chi connectivity index (χ2n) is 5.73. The highest BCUT2D eigenvalue weighted by atomic mass is 16.6. The zero-order chi connectivity index (χ0) is 18.8. The molecule has 0 fully saturated rings. The summed E-state index contributed by atoms with van der Waals surface area (Å²) in [6.45, 7) is 3.93. The van der Waals surface area contributed by atoms with Crippen LogP contribution in [0, 0.1) is 13.8 Å². The number of hydrogen-bond donors (Lipinski definition) is 1. The van der Waals surface area contributed by atoms with E-state index in [0.717, 1.165) is 16.9 Å². The molecule has 0 aliphatic carbocycles. The average Bonchev–Trinajstić information content (AvgIpc) is 2.63. The van der Waals surface area contributed by atoms with Crippen molar-refractivity contribution in [3.63, 3.8) is 0 Å². The second kappa shape index (κ2) is 10.1. The number of hydrogen-bond acceptors (Lipinski definition) is 5. The van der Waals surface area contributed by atoms with Crippen molar-refractivity contribution < 1.29 is 23.8 Å². The minimum Gasteiger partial charge on any atom is -0.492 e. The number of rotatable bonds is 9. The van der Waals surface area contributed by atoms with Crippen LogP contribution in [0.5, 0.6) is 11.5 Å². The molecular formula is C20H23NO5. The lowest BCUT2D eigenvalue weighted by atomic mass is 10.2. The highest BCUT2D eigenvalue weighted by Crippen LogP contribution is 2.15. The van der Waals surface area contributed by atoms with Gasteiger partial charge >= 0.3 is 5.97 Å². The largest absolute Gasteiger partial charge is 0.492 e. The van der Waals surface area contributed by atoms with Gasteiger partial charge in [0.25, 0.3) is 5.91 Å². The van der Waals surface area contributed by atoms with Crippen LogP contribution in [-0.4, -0.2) is 38.2 Å². The van der Waals surface area contributed by atoms with E-state index in [2.05, 4.69) is 5.32 Å². The van der Waals surface area contributed by atoms with Crippen LogP contribution >= 0.6 is 0 Å². The first-order chi connectivity index (χ1) is 12.5. The van der Waals surface area contributed by atoms with Crippen LogP contribution < -0.4 is 14.8 Å². The molecule has 6 nitrogen and oxygen atoms in total. The van der Waals surface area contributed by atoms with Crippen LogP contribution in [0.1, 0.15) is 11.1 Å². The lowest BCUT2D eigenvalue weighted by Crippen LogP contribution is -2.32. The van der Waals surface area contributed by atoms with Crippen molar-refractivity contribution in [1.82, 2.24) is 5.32 Å². The third-order valence-corrected chi connectivity index (χ3v) is 3.49. The van der Waals surface area contributed by atoms with Crippen LogP contribution in [-0.2, 0) is 14.3 Å². The first-order valence-corrected chi connectivity index (χ1v) is 8.35. The molecule has 0 heterocycles. The van der Waals surface area contributed by atoms with E-state index in [1.807, 2.05) is 56.3 Å². The summed E-state index contributed by atoms with van der Waals surface area (Å²) in [4.78, 5) is 23.3. The lowest BCUT2D eigenvalue weighted by molar-refractivity contribution is -0.150. The number of carbonyl (C=O) groups is 2. The number of para-hydroxylation sites is 1. The summed E-state index contributed by atoms with van der Waals surface area (Å²) in [7, 11) is 0. The highest BCUT2D eigenvalue weighted by Gasteiger charge is 2.09. The summed E-state index contributed by atoms with van der Waals surface area (Å²) in [5.41, 5.74) is 2.03. The monoisotopic (exact) mass is 357 g/mol. The number of aryl methyl sites for hydroxylation is 2. The van der Waals surface area contributed by atoms with E-state index >= 15 is 0 Å². The van der Waals surface area contributed by atoms with Crippen molar-refractivity contribution in [2.24, 2.45) is 0 Å². The van der Waals surface area contributed by atoms with Crippen molar-refractivity contribution in [1.29, 1.82) is 0 Å². The molecule has 26 heavy (non-hydrogen) atoms. The van der Waals surface area contributed by atoms with Gasteiger partial charge in [-0.25, -0.2) is 4.79 Å². The Labute approximate surface area is 153 Å². The number of ether oxygens (including phenoxy) is 3. The first-order valence-electron chi connectivity index (χ1n) is 8.35. The average molecular weight is 357 g/mol. The van der Waals surface area contributed by atoms with Crippen molar-refractivity contribution in [2.75, 3.05) is 26.4 Å². The number of benzene rings is 2. The predicted molar refractivity (Wildman–Crippen MR) is 97.3 cm³/mol. The molecule has 0 aliphatic rings. The Morgan fingerprint density at radius 3 is 2.54 bits per heavy atom. The molecule has 0 saturated carbocycles. The number of amides is 1. The molecule has 0 bridgehead atoms.